The fourth-order valence-electron chi connectivity index (χ4n) is 5.42. The second-order valence-electron chi connectivity index (χ2n) is 10.0. The Labute approximate surface area is 242 Å². The summed E-state index contributed by atoms with van der Waals surface area (Å²) in [4.78, 5) is 49.2. The van der Waals surface area contributed by atoms with Gasteiger partial charge in [0.15, 0.2) is 0 Å². The molecule has 9 heteroatoms. The van der Waals surface area contributed by atoms with Gasteiger partial charge in [0.2, 0.25) is 0 Å². The number of aromatic nitrogens is 1. The van der Waals surface area contributed by atoms with E-state index in [1.807, 2.05) is 30.3 Å². The van der Waals surface area contributed by atoms with Crippen molar-refractivity contribution < 1.29 is 19.1 Å². The third kappa shape index (κ3) is 5.32. The van der Waals surface area contributed by atoms with Gasteiger partial charge in [-0.1, -0.05) is 18.2 Å². The SMILES string of the molecule is CCOC(=O)c1cc2c(s1)-c1ccccc1N(C(=O)c1ccc(NC(=O)c3cccnc3N3CCCC3)cc1)CC2. The molecule has 2 aliphatic heterocycles. The summed E-state index contributed by atoms with van der Waals surface area (Å²) in [5.74, 6) is 0.0320. The maximum Gasteiger partial charge on any atom is 0.348 e. The number of carbonyl (C=O) groups is 3. The summed E-state index contributed by atoms with van der Waals surface area (Å²) >= 11 is 1.40. The molecule has 1 N–H and O–H groups in total. The van der Waals surface area contributed by atoms with Gasteiger partial charge in [-0.3, -0.25) is 9.59 Å². The van der Waals surface area contributed by atoms with Gasteiger partial charge >= 0.3 is 5.97 Å². The third-order valence-corrected chi connectivity index (χ3v) is 8.59. The molecule has 41 heavy (non-hydrogen) atoms. The highest BCUT2D eigenvalue weighted by molar-refractivity contribution is 7.17. The number of esters is 1. The summed E-state index contributed by atoms with van der Waals surface area (Å²) in [7, 11) is 0. The van der Waals surface area contributed by atoms with E-state index < -0.39 is 0 Å². The summed E-state index contributed by atoms with van der Waals surface area (Å²) in [5, 5.41) is 2.96. The van der Waals surface area contributed by atoms with Crippen molar-refractivity contribution in [3.63, 3.8) is 0 Å². The molecule has 0 bridgehead atoms. The third-order valence-electron chi connectivity index (χ3n) is 7.40. The quantitative estimate of drug-likeness (QED) is 0.286. The first-order valence-electron chi connectivity index (χ1n) is 13.9. The van der Waals surface area contributed by atoms with Crippen LogP contribution < -0.4 is 15.1 Å². The molecule has 4 heterocycles. The van der Waals surface area contributed by atoms with E-state index in [1.54, 1.807) is 54.4 Å². The second kappa shape index (κ2) is 11.5. The number of fused-ring (bicyclic) bond motifs is 3. The first-order chi connectivity index (χ1) is 20.0. The number of benzene rings is 2. The number of hydrogen-bond donors (Lipinski definition) is 1. The summed E-state index contributed by atoms with van der Waals surface area (Å²) in [6.07, 6.45) is 4.52. The van der Waals surface area contributed by atoms with E-state index in [2.05, 4.69) is 15.2 Å². The van der Waals surface area contributed by atoms with Crippen molar-refractivity contribution in [3.05, 3.63) is 94.5 Å². The predicted molar refractivity (Wildman–Crippen MR) is 161 cm³/mol. The normalized spacial score (nSPS) is 14.2. The molecule has 0 spiro atoms. The average molecular weight is 567 g/mol. The summed E-state index contributed by atoms with van der Waals surface area (Å²) in [6.45, 7) is 4.38. The van der Waals surface area contributed by atoms with Crippen molar-refractivity contribution in [2.24, 2.45) is 0 Å². The molecule has 1 fully saturated rings. The van der Waals surface area contributed by atoms with E-state index in [1.165, 1.54) is 11.3 Å². The van der Waals surface area contributed by atoms with Gasteiger partial charge in [-0.2, -0.15) is 0 Å². The predicted octanol–water partition coefficient (Wildman–Crippen LogP) is 6.04. The molecule has 2 aromatic heterocycles. The summed E-state index contributed by atoms with van der Waals surface area (Å²) in [6, 6.07) is 20.2. The molecule has 1 saturated heterocycles. The summed E-state index contributed by atoms with van der Waals surface area (Å²) in [5.41, 5.74) is 4.42. The highest BCUT2D eigenvalue weighted by Crippen LogP contribution is 2.42. The van der Waals surface area contributed by atoms with E-state index in [-0.39, 0.29) is 17.8 Å². The van der Waals surface area contributed by atoms with Crippen LogP contribution in [0.2, 0.25) is 0 Å². The molecule has 208 valence electrons. The molecule has 4 aromatic rings. The number of hydrogen-bond acceptors (Lipinski definition) is 7. The largest absolute Gasteiger partial charge is 0.462 e. The molecule has 2 amide bonds. The van der Waals surface area contributed by atoms with Crippen LogP contribution in [0.15, 0.2) is 72.9 Å². The number of nitrogens with one attached hydrogen (secondary N) is 1. The molecule has 0 aliphatic carbocycles. The lowest BCUT2D eigenvalue weighted by Crippen LogP contribution is -2.32. The molecule has 2 aromatic carbocycles. The Balaban J connectivity index is 1.21. The van der Waals surface area contributed by atoms with Crippen molar-refractivity contribution in [2.45, 2.75) is 26.2 Å². The zero-order chi connectivity index (χ0) is 28.3. The van der Waals surface area contributed by atoms with Crippen LogP contribution in [-0.2, 0) is 11.2 Å². The molecule has 0 radical (unpaired) electrons. The second-order valence-corrected chi connectivity index (χ2v) is 11.1. The minimum atomic E-state index is -0.320. The Morgan fingerprint density at radius 1 is 0.976 bits per heavy atom. The van der Waals surface area contributed by atoms with Crippen LogP contribution in [0.4, 0.5) is 17.2 Å². The zero-order valence-electron chi connectivity index (χ0n) is 22.8. The smallest absolute Gasteiger partial charge is 0.348 e. The van der Waals surface area contributed by atoms with E-state index in [0.29, 0.717) is 47.1 Å². The molecule has 0 unspecified atom stereocenters. The van der Waals surface area contributed by atoms with Crippen LogP contribution in [0, 0.1) is 0 Å². The zero-order valence-corrected chi connectivity index (χ0v) is 23.6. The number of pyridine rings is 1. The Hall–Kier alpha value is -4.50. The maximum atomic E-state index is 13.7. The molecular weight excluding hydrogens is 536 g/mol. The number of thiophene rings is 1. The molecule has 0 atom stereocenters. The van der Waals surface area contributed by atoms with Crippen LogP contribution in [0.5, 0.6) is 0 Å². The Morgan fingerprint density at radius 2 is 1.76 bits per heavy atom. The van der Waals surface area contributed by atoms with Crippen LogP contribution >= 0.6 is 11.3 Å². The molecule has 6 rings (SSSR count). The highest BCUT2D eigenvalue weighted by atomic mass is 32.1. The lowest BCUT2D eigenvalue weighted by molar-refractivity contribution is 0.0531. The number of para-hydroxylation sites is 1. The van der Waals surface area contributed by atoms with Crippen LogP contribution in [0.3, 0.4) is 0 Å². The van der Waals surface area contributed by atoms with E-state index >= 15 is 0 Å². The average Bonchev–Trinajstić information content (AvgIpc) is 3.66. The summed E-state index contributed by atoms with van der Waals surface area (Å²) < 4.78 is 5.21. The van der Waals surface area contributed by atoms with Crippen LogP contribution in [0.1, 0.15) is 55.7 Å². The maximum absolute atomic E-state index is 13.7. The van der Waals surface area contributed by atoms with E-state index in [0.717, 1.165) is 47.6 Å². The van der Waals surface area contributed by atoms with Gasteiger partial charge in [0.25, 0.3) is 11.8 Å². The number of nitrogens with zero attached hydrogens (tertiary/aromatic N) is 3. The number of carbonyl (C=O) groups excluding carboxylic acids is 3. The van der Waals surface area contributed by atoms with Crippen molar-refractivity contribution >= 4 is 46.3 Å². The van der Waals surface area contributed by atoms with Gasteiger partial charge < -0.3 is 19.9 Å². The highest BCUT2D eigenvalue weighted by Gasteiger charge is 2.28. The standard InChI is InChI=1S/C32H30N4O4S/c1-2-40-32(39)27-20-22-15-19-36(26-10-4-3-8-24(26)28(22)41-27)31(38)21-11-13-23(14-12-21)34-30(37)25-9-7-16-33-29(25)35-17-5-6-18-35/h3-4,7-14,16,20H,2,5-6,15,17-19H2,1H3,(H,34,37). The minimum Gasteiger partial charge on any atom is -0.462 e. The molecule has 0 saturated carbocycles. The van der Waals surface area contributed by atoms with Gasteiger partial charge in [-0.15, -0.1) is 11.3 Å². The Bertz CT molecular complexity index is 1610. The number of ether oxygens (including phenoxy) is 1. The van der Waals surface area contributed by atoms with Crippen molar-refractivity contribution in [1.29, 1.82) is 0 Å². The first-order valence-corrected chi connectivity index (χ1v) is 14.7. The fraction of sp³-hybridized carbons (Fsp3) is 0.250. The van der Waals surface area contributed by atoms with Gasteiger partial charge in [-0.05, 0) is 80.3 Å². The van der Waals surface area contributed by atoms with E-state index in [9.17, 15) is 14.4 Å². The van der Waals surface area contributed by atoms with Crippen molar-refractivity contribution in [1.82, 2.24) is 4.98 Å². The number of anilines is 3. The van der Waals surface area contributed by atoms with Gasteiger partial charge in [0.1, 0.15) is 10.7 Å². The molecule has 2 aliphatic rings. The monoisotopic (exact) mass is 566 g/mol. The topological polar surface area (TPSA) is 91.8 Å². The number of amides is 2. The molecular formula is C32H30N4O4S. The number of rotatable bonds is 6. The van der Waals surface area contributed by atoms with Crippen molar-refractivity contribution in [3.8, 4) is 10.4 Å². The van der Waals surface area contributed by atoms with Gasteiger partial charge in [-0.25, -0.2) is 9.78 Å². The van der Waals surface area contributed by atoms with Crippen LogP contribution in [-0.4, -0.2) is 49.0 Å². The van der Waals surface area contributed by atoms with Crippen LogP contribution in [0.25, 0.3) is 10.4 Å². The lowest BCUT2D eigenvalue weighted by atomic mass is 10.1. The first kappa shape index (κ1) is 26.7. The Morgan fingerprint density at radius 3 is 2.54 bits per heavy atom. The minimum absolute atomic E-state index is 0.125. The van der Waals surface area contributed by atoms with E-state index in [4.69, 9.17) is 4.74 Å². The Kier molecular flexibility index (Phi) is 7.52. The van der Waals surface area contributed by atoms with Gasteiger partial charge in [0, 0.05) is 47.5 Å². The lowest BCUT2D eigenvalue weighted by Gasteiger charge is -2.23. The molecule has 8 nitrogen and oxygen atoms in total. The van der Waals surface area contributed by atoms with Gasteiger partial charge in [0.05, 0.1) is 17.9 Å². The fourth-order valence-corrected chi connectivity index (χ4v) is 6.55. The van der Waals surface area contributed by atoms with Crippen molar-refractivity contribution in [2.75, 3.05) is 41.4 Å².